The normalized spacial score (nSPS) is 29.9. The molecule has 0 spiro atoms. The average Bonchev–Trinajstić information content (AvgIpc) is 3.07. The molecule has 3 rings (SSSR count). The molecule has 1 unspecified atom stereocenters. The Hall–Kier alpha value is -1.10. The molecule has 1 aliphatic carbocycles. The SMILES string of the molecule is CC1(C(=O)NC2CCCC2)CCC(=O)N1CCN1CCCCCC1. The van der Waals surface area contributed by atoms with E-state index in [4.69, 9.17) is 0 Å². The van der Waals surface area contributed by atoms with Crippen molar-refractivity contribution >= 4 is 11.8 Å². The molecule has 24 heavy (non-hydrogen) atoms. The quantitative estimate of drug-likeness (QED) is 0.839. The van der Waals surface area contributed by atoms with Crippen LogP contribution in [-0.4, -0.2) is 59.4 Å². The van der Waals surface area contributed by atoms with E-state index >= 15 is 0 Å². The number of rotatable bonds is 5. The number of hydrogen-bond acceptors (Lipinski definition) is 3. The molecule has 2 saturated heterocycles. The maximum absolute atomic E-state index is 12.9. The van der Waals surface area contributed by atoms with Gasteiger partial charge in [0.1, 0.15) is 5.54 Å². The molecule has 0 aromatic rings. The summed E-state index contributed by atoms with van der Waals surface area (Å²) in [5.41, 5.74) is -0.647. The largest absolute Gasteiger partial charge is 0.351 e. The van der Waals surface area contributed by atoms with Crippen LogP contribution in [0.4, 0.5) is 0 Å². The van der Waals surface area contributed by atoms with Gasteiger partial charge >= 0.3 is 0 Å². The van der Waals surface area contributed by atoms with E-state index in [0.29, 0.717) is 25.4 Å². The van der Waals surface area contributed by atoms with Crippen molar-refractivity contribution in [3.63, 3.8) is 0 Å². The van der Waals surface area contributed by atoms with Crippen molar-refractivity contribution in [2.24, 2.45) is 0 Å². The first-order valence-corrected chi connectivity index (χ1v) is 9.93. The summed E-state index contributed by atoms with van der Waals surface area (Å²) in [7, 11) is 0. The highest BCUT2D eigenvalue weighted by Gasteiger charge is 2.47. The van der Waals surface area contributed by atoms with Gasteiger partial charge in [0.15, 0.2) is 0 Å². The minimum Gasteiger partial charge on any atom is -0.351 e. The molecule has 0 radical (unpaired) electrons. The van der Waals surface area contributed by atoms with Crippen LogP contribution in [-0.2, 0) is 9.59 Å². The lowest BCUT2D eigenvalue weighted by Gasteiger charge is -2.36. The van der Waals surface area contributed by atoms with Gasteiger partial charge in [-0.1, -0.05) is 25.7 Å². The standard InChI is InChI=1S/C19H33N3O2/c1-19(18(24)20-16-8-4-5-9-16)11-10-17(23)22(19)15-14-21-12-6-2-3-7-13-21/h16H,2-15H2,1H3,(H,20,24). The maximum atomic E-state index is 12.9. The Morgan fingerprint density at radius 3 is 2.42 bits per heavy atom. The topological polar surface area (TPSA) is 52.7 Å². The Kier molecular flexibility index (Phi) is 5.80. The third-order valence-electron chi connectivity index (χ3n) is 6.24. The summed E-state index contributed by atoms with van der Waals surface area (Å²) in [6.07, 6.45) is 10.9. The number of nitrogens with one attached hydrogen (secondary N) is 1. The Morgan fingerprint density at radius 1 is 1.08 bits per heavy atom. The molecule has 2 amide bonds. The zero-order chi connectivity index (χ0) is 17.0. The second kappa shape index (κ2) is 7.85. The first-order chi connectivity index (χ1) is 11.6. The molecule has 5 nitrogen and oxygen atoms in total. The lowest BCUT2D eigenvalue weighted by atomic mass is 9.97. The van der Waals surface area contributed by atoms with E-state index in [1.165, 1.54) is 38.5 Å². The predicted octanol–water partition coefficient (Wildman–Crippen LogP) is 2.30. The fourth-order valence-corrected chi connectivity index (χ4v) is 4.52. The van der Waals surface area contributed by atoms with E-state index in [0.717, 1.165) is 32.5 Å². The van der Waals surface area contributed by atoms with Crippen molar-refractivity contribution in [3.8, 4) is 0 Å². The number of nitrogens with zero attached hydrogens (tertiary/aromatic N) is 2. The van der Waals surface area contributed by atoms with Gasteiger partial charge in [0.05, 0.1) is 0 Å². The molecule has 5 heteroatoms. The third-order valence-corrected chi connectivity index (χ3v) is 6.24. The molecule has 0 bridgehead atoms. The van der Waals surface area contributed by atoms with E-state index < -0.39 is 5.54 Å². The Bertz CT molecular complexity index is 454. The summed E-state index contributed by atoms with van der Waals surface area (Å²) in [6.45, 7) is 5.82. The van der Waals surface area contributed by atoms with Crippen LogP contribution in [0.25, 0.3) is 0 Å². The molecule has 1 saturated carbocycles. The highest BCUT2D eigenvalue weighted by atomic mass is 16.2. The van der Waals surface area contributed by atoms with Gasteiger partial charge in [-0.15, -0.1) is 0 Å². The number of amides is 2. The summed E-state index contributed by atoms with van der Waals surface area (Å²) in [6, 6.07) is 0.317. The molecule has 2 heterocycles. The number of carbonyl (C=O) groups is 2. The Morgan fingerprint density at radius 2 is 1.75 bits per heavy atom. The van der Waals surface area contributed by atoms with Gasteiger partial charge in [0.2, 0.25) is 11.8 Å². The van der Waals surface area contributed by atoms with Gasteiger partial charge in [-0.05, 0) is 52.1 Å². The minimum atomic E-state index is -0.647. The lowest BCUT2D eigenvalue weighted by molar-refractivity contribution is -0.141. The predicted molar refractivity (Wildman–Crippen MR) is 94.7 cm³/mol. The van der Waals surface area contributed by atoms with Crippen molar-refractivity contribution in [1.29, 1.82) is 0 Å². The molecule has 3 aliphatic rings. The zero-order valence-corrected chi connectivity index (χ0v) is 15.2. The van der Waals surface area contributed by atoms with E-state index in [-0.39, 0.29) is 11.8 Å². The average molecular weight is 335 g/mol. The summed E-state index contributed by atoms with van der Waals surface area (Å²) < 4.78 is 0. The second-order valence-electron chi connectivity index (χ2n) is 8.03. The van der Waals surface area contributed by atoms with Crippen molar-refractivity contribution < 1.29 is 9.59 Å². The fourth-order valence-electron chi connectivity index (χ4n) is 4.52. The third kappa shape index (κ3) is 3.93. The monoisotopic (exact) mass is 335 g/mol. The molecule has 136 valence electrons. The van der Waals surface area contributed by atoms with Crippen LogP contribution in [0.1, 0.15) is 71.1 Å². The summed E-state index contributed by atoms with van der Waals surface area (Å²) in [4.78, 5) is 29.6. The van der Waals surface area contributed by atoms with Crippen LogP contribution >= 0.6 is 0 Å². The zero-order valence-electron chi connectivity index (χ0n) is 15.2. The van der Waals surface area contributed by atoms with Crippen molar-refractivity contribution in [2.45, 2.75) is 82.7 Å². The maximum Gasteiger partial charge on any atom is 0.245 e. The lowest BCUT2D eigenvalue weighted by Crippen LogP contribution is -2.57. The van der Waals surface area contributed by atoms with E-state index in [2.05, 4.69) is 10.2 Å². The van der Waals surface area contributed by atoms with Crippen LogP contribution in [0.2, 0.25) is 0 Å². The van der Waals surface area contributed by atoms with Crippen molar-refractivity contribution in [1.82, 2.24) is 15.1 Å². The molecule has 0 aromatic carbocycles. The molecule has 0 aromatic heterocycles. The molecule has 1 atom stereocenters. The van der Waals surface area contributed by atoms with E-state index in [1.54, 1.807) is 0 Å². The molecule has 2 aliphatic heterocycles. The van der Waals surface area contributed by atoms with Gasteiger partial charge in [0, 0.05) is 25.6 Å². The minimum absolute atomic E-state index is 0.0658. The van der Waals surface area contributed by atoms with Gasteiger partial charge in [-0.25, -0.2) is 0 Å². The Labute approximate surface area is 146 Å². The first-order valence-electron chi connectivity index (χ1n) is 9.93. The number of likely N-dealkylation sites (tertiary alicyclic amines) is 2. The molecular weight excluding hydrogens is 302 g/mol. The molecular formula is C19H33N3O2. The van der Waals surface area contributed by atoms with Crippen LogP contribution in [0, 0.1) is 0 Å². The van der Waals surface area contributed by atoms with Crippen molar-refractivity contribution in [3.05, 3.63) is 0 Å². The summed E-state index contributed by atoms with van der Waals surface area (Å²) in [5.74, 6) is 0.213. The molecule has 1 N–H and O–H groups in total. The summed E-state index contributed by atoms with van der Waals surface area (Å²) in [5, 5.41) is 3.21. The number of hydrogen-bond donors (Lipinski definition) is 1. The highest BCUT2D eigenvalue weighted by Crippen LogP contribution is 2.31. The number of carbonyl (C=O) groups excluding carboxylic acids is 2. The fraction of sp³-hybridized carbons (Fsp3) is 0.895. The van der Waals surface area contributed by atoms with Gasteiger partial charge in [-0.3, -0.25) is 9.59 Å². The first kappa shape index (κ1) is 17.7. The Balaban J connectivity index is 1.58. The van der Waals surface area contributed by atoms with Crippen LogP contribution in [0.3, 0.4) is 0 Å². The highest BCUT2D eigenvalue weighted by molar-refractivity contribution is 5.94. The van der Waals surface area contributed by atoms with Crippen LogP contribution in [0.15, 0.2) is 0 Å². The van der Waals surface area contributed by atoms with Gasteiger partial charge < -0.3 is 15.1 Å². The second-order valence-corrected chi connectivity index (χ2v) is 8.03. The van der Waals surface area contributed by atoms with Crippen LogP contribution in [0.5, 0.6) is 0 Å². The summed E-state index contributed by atoms with van der Waals surface area (Å²) >= 11 is 0. The van der Waals surface area contributed by atoms with Gasteiger partial charge in [0.25, 0.3) is 0 Å². The van der Waals surface area contributed by atoms with E-state index in [1.807, 2.05) is 11.8 Å². The van der Waals surface area contributed by atoms with E-state index in [9.17, 15) is 9.59 Å². The smallest absolute Gasteiger partial charge is 0.245 e. The molecule has 3 fully saturated rings. The van der Waals surface area contributed by atoms with Crippen LogP contribution < -0.4 is 5.32 Å². The van der Waals surface area contributed by atoms with Crippen molar-refractivity contribution in [2.75, 3.05) is 26.2 Å². The van der Waals surface area contributed by atoms with Gasteiger partial charge in [-0.2, -0.15) is 0 Å².